The summed E-state index contributed by atoms with van der Waals surface area (Å²) in [5.74, 6) is -0.747. The summed E-state index contributed by atoms with van der Waals surface area (Å²) in [6.45, 7) is 5.42. The second-order valence-corrected chi connectivity index (χ2v) is 4.16. The topological polar surface area (TPSA) is 89.3 Å². The van der Waals surface area contributed by atoms with Crippen molar-refractivity contribution in [2.45, 2.75) is 13.5 Å². The van der Waals surface area contributed by atoms with Crippen molar-refractivity contribution in [3.8, 4) is 0 Å². The average Bonchev–Trinajstić information content (AvgIpc) is 2.52. The zero-order valence-corrected chi connectivity index (χ0v) is 9.72. The third-order valence-corrected chi connectivity index (χ3v) is 2.83. The molecule has 1 aromatic rings. The number of rotatable bonds is 3. The summed E-state index contributed by atoms with van der Waals surface area (Å²) in [4.78, 5) is 10.8. The molecule has 94 valence electrons. The van der Waals surface area contributed by atoms with Crippen molar-refractivity contribution in [1.82, 2.24) is 20.3 Å². The van der Waals surface area contributed by atoms with Crippen LogP contribution in [0, 0.1) is 12.8 Å². The van der Waals surface area contributed by atoms with Gasteiger partial charge in [-0.05, 0) is 6.92 Å². The Bertz CT molecular complexity index is 396. The molecular formula is C10H16N4O3. The van der Waals surface area contributed by atoms with E-state index in [0.717, 1.165) is 13.1 Å². The molecule has 1 saturated heterocycles. The zero-order chi connectivity index (χ0) is 12.3. The third-order valence-electron chi connectivity index (χ3n) is 2.83. The highest BCUT2D eigenvalue weighted by molar-refractivity contribution is 5.86. The fraction of sp³-hybridized carbons (Fsp3) is 0.700. The fourth-order valence-corrected chi connectivity index (χ4v) is 1.85. The van der Waals surface area contributed by atoms with E-state index in [9.17, 15) is 4.79 Å². The highest BCUT2D eigenvalue weighted by atomic mass is 16.5. The van der Waals surface area contributed by atoms with Gasteiger partial charge in [0.15, 0.2) is 5.69 Å². The molecule has 0 radical (unpaired) electrons. The van der Waals surface area contributed by atoms with Crippen LogP contribution in [0.3, 0.4) is 0 Å². The highest BCUT2D eigenvalue weighted by Gasteiger charge is 2.19. The monoisotopic (exact) mass is 240 g/mol. The van der Waals surface area contributed by atoms with Gasteiger partial charge in [0.25, 0.3) is 0 Å². The molecule has 1 aromatic heterocycles. The van der Waals surface area contributed by atoms with Crippen LogP contribution in [-0.2, 0) is 11.3 Å². The first-order valence-corrected chi connectivity index (χ1v) is 5.60. The molecule has 7 heteroatoms. The second-order valence-electron chi connectivity index (χ2n) is 4.16. The SMILES string of the molecule is Cc1c(C(=O)O)nnn1C[C@@H]1CNCCOC1. The lowest BCUT2D eigenvalue weighted by Gasteiger charge is -2.13. The summed E-state index contributed by atoms with van der Waals surface area (Å²) in [5.41, 5.74) is 0.606. The van der Waals surface area contributed by atoms with Crippen molar-refractivity contribution in [2.24, 2.45) is 5.92 Å². The molecule has 2 heterocycles. The van der Waals surface area contributed by atoms with E-state index >= 15 is 0 Å². The van der Waals surface area contributed by atoms with Crippen LogP contribution in [0.15, 0.2) is 0 Å². The molecule has 0 aliphatic carbocycles. The summed E-state index contributed by atoms with van der Waals surface area (Å²) < 4.78 is 7.06. The van der Waals surface area contributed by atoms with Crippen LogP contribution in [0.5, 0.6) is 0 Å². The number of carbonyl (C=O) groups is 1. The molecule has 0 bridgehead atoms. The van der Waals surface area contributed by atoms with E-state index in [1.165, 1.54) is 0 Å². The predicted octanol–water partition coefficient (Wildman–Crippen LogP) is -0.479. The molecule has 2 N–H and O–H groups in total. The van der Waals surface area contributed by atoms with Gasteiger partial charge in [0, 0.05) is 25.6 Å². The predicted molar refractivity (Wildman–Crippen MR) is 58.9 cm³/mol. The molecule has 0 unspecified atom stereocenters. The lowest BCUT2D eigenvalue weighted by Crippen LogP contribution is -2.27. The van der Waals surface area contributed by atoms with E-state index in [4.69, 9.17) is 9.84 Å². The van der Waals surface area contributed by atoms with Crippen LogP contribution in [0.1, 0.15) is 16.2 Å². The van der Waals surface area contributed by atoms with Crippen LogP contribution in [0.2, 0.25) is 0 Å². The molecule has 0 aromatic carbocycles. The Kier molecular flexibility index (Phi) is 3.70. The van der Waals surface area contributed by atoms with Crippen LogP contribution in [0.25, 0.3) is 0 Å². The number of carboxylic acids is 1. The number of nitrogens with one attached hydrogen (secondary N) is 1. The summed E-state index contributed by atoms with van der Waals surface area (Å²) >= 11 is 0. The Morgan fingerprint density at radius 1 is 1.71 bits per heavy atom. The highest BCUT2D eigenvalue weighted by Crippen LogP contribution is 2.08. The molecule has 0 amide bonds. The van der Waals surface area contributed by atoms with Crippen molar-refractivity contribution in [3.05, 3.63) is 11.4 Å². The number of aromatic carboxylic acids is 1. The third kappa shape index (κ3) is 2.80. The van der Waals surface area contributed by atoms with Crippen molar-refractivity contribution in [2.75, 3.05) is 26.3 Å². The molecule has 1 aliphatic heterocycles. The van der Waals surface area contributed by atoms with E-state index in [-0.39, 0.29) is 5.69 Å². The van der Waals surface area contributed by atoms with Gasteiger partial charge in [0.1, 0.15) is 0 Å². The second kappa shape index (κ2) is 5.24. The van der Waals surface area contributed by atoms with Gasteiger partial charge in [0.2, 0.25) is 0 Å². The first-order chi connectivity index (χ1) is 8.18. The van der Waals surface area contributed by atoms with E-state index in [0.29, 0.717) is 31.4 Å². The minimum Gasteiger partial charge on any atom is -0.476 e. The molecule has 1 aliphatic rings. The van der Waals surface area contributed by atoms with E-state index in [1.807, 2.05) is 0 Å². The molecular weight excluding hydrogens is 224 g/mol. The Morgan fingerprint density at radius 3 is 3.24 bits per heavy atom. The van der Waals surface area contributed by atoms with Gasteiger partial charge in [-0.15, -0.1) is 5.10 Å². The Hall–Kier alpha value is -1.47. The first kappa shape index (κ1) is 12.0. The smallest absolute Gasteiger partial charge is 0.358 e. The molecule has 1 fully saturated rings. The Labute approximate surface area is 98.8 Å². The van der Waals surface area contributed by atoms with Crippen molar-refractivity contribution >= 4 is 5.97 Å². The van der Waals surface area contributed by atoms with Gasteiger partial charge in [-0.1, -0.05) is 5.21 Å². The largest absolute Gasteiger partial charge is 0.476 e. The number of aromatic nitrogens is 3. The van der Waals surface area contributed by atoms with Gasteiger partial charge in [-0.2, -0.15) is 0 Å². The minimum atomic E-state index is -1.04. The molecule has 7 nitrogen and oxygen atoms in total. The van der Waals surface area contributed by atoms with Crippen LogP contribution < -0.4 is 5.32 Å². The number of hydrogen-bond donors (Lipinski definition) is 2. The minimum absolute atomic E-state index is 0.0208. The van der Waals surface area contributed by atoms with Crippen molar-refractivity contribution in [3.63, 3.8) is 0 Å². The maximum absolute atomic E-state index is 10.8. The van der Waals surface area contributed by atoms with Gasteiger partial charge < -0.3 is 15.2 Å². The summed E-state index contributed by atoms with van der Waals surface area (Å²) in [6.07, 6.45) is 0. The first-order valence-electron chi connectivity index (χ1n) is 5.60. The van der Waals surface area contributed by atoms with Crippen molar-refractivity contribution in [1.29, 1.82) is 0 Å². The van der Waals surface area contributed by atoms with Gasteiger partial charge in [-0.3, -0.25) is 0 Å². The van der Waals surface area contributed by atoms with Crippen LogP contribution in [-0.4, -0.2) is 52.4 Å². The van der Waals surface area contributed by atoms with Gasteiger partial charge in [-0.25, -0.2) is 9.48 Å². The molecule has 1 atom stereocenters. The molecule has 0 spiro atoms. The summed E-state index contributed by atoms with van der Waals surface area (Å²) in [5, 5.41) is 19.7. The fourth-order valence-electron chi connectivity index (χ4n) is 1.85. The molecule has 0 saturated carbocycles. The van der Waals surface area contributed by atoms with E-state index in [2.05, 4.69) is 15.6 Å². The van der Waals surface area contributed by atoms with E-state index in [1.54, 1.807) is 11.6 Å². The maximum Gasteiger partial charge on any atom is 0.358 e. The van der Waals surface area contributed by atoms with Crippen LogP contribution in [0.4, 0.5) is 0 Å². The quantitative estimate of drug-likeness (QED) is 0.741. The zero-order valence-electron chi connectivity index (χ0n) is 9.72. The number of hydrogen-bond acceptors (Lipinski definition) is 5. The lowest BCUT2D eigenvalue weighted by molar-refractivity contribution is 0.0689. The van der Waals surface area contributed by atoms with Gasteiger partial charge >= 0.3 is 5.97 Å². The Morgan fingerprint density at radius 2 is 2.53 bits per heavy atom. The molecule has 17 heavy (non-hydrogen) atoms. The normalized spacial score (nSPS) is 21.1. The average molecular weight is 240 g/mol. The summed E-state index contributed by atoms with van der Waals surface area (Å²) in [6, 6.07) is 0. The number of nitrogens with zero attached hydrogens (tertiary/aromatic N) is 3. The molecule has 2 rings (SSSR count). The van der Waals surface area contributed by atoms with Gasteiger partial charge in [0.05, 0.1) is 18.9 Å². The number of carboxylic acid groups (broad SMARTS) is 1. The van der Waals surface area contributed by atoms with Crippen LogP contribution >= 0.6 is 0 Å². The van der Waals surface area contributed by atoms with Crippen molar-refractivity contribution < 1.29 is 14.6 Å². The summed E-state index contributed by atoms with van der Waals surface area (Å²) in [7, 11) is 0. The lowest BCUT2D eigenvalue weighted by atomic mass is 10.1. The standard InChI is InChI=1S/C10H16N4O3/c1-7-9(10(15)16)12-13-14(7)5-8-4-11-2-3-17-6-8/h8,11H,2-6H2,1H3,(H,15,16)/t8-/m0/s1. The maximum atomic E-state index is 10.8. The van der Waals surface area contributed by atoms with E-state index < -0.39 is 5.97 Å². The number of ether oxygens (including phenoxy) is 1. The Balaban J connectivity index is 2.05.